The van der Waals surface area contributed by atoms with Crippen LogP contribution in [-0.4, -0.2) is 25.6 Å². The highest BCUT2D eigenvalue weighted by Crippen LogP contribution is 2.32. The molecule has 0 aliphatic carbocycles. The number of rotatable bonds is 6. The summed E-state index contributed by atoms with van der Waals surface area (Å²) in [6.07, 6.45) is 2.15. The van der Waals surface area contributed by atoms with Gasteiger partial charge in [0.25, 0.3) is 0 Å². The third-order valence-electron chi connectivity index (χ3n) is 4.49. The average Bonchev–Trinajstić information content (AvgIpc) is 3.01. The number of nitrogens with one attached hydrogen (secondary N) is 1. The molecule has 2 aromatic carbocycles. The first kappa shape index (κ1) is 19.8. The highest BCUT2D eigenvalue weighted by molar-refractivity contribution is 7.80. The molecule has 0 atom stereocenters. The molecule has 0 bridgehead atoms. The van der Waals surface area contributed by atoms with Crippen molar-refractivity contribution in [1.29, 1.82) is 0 Å². The zero-order valence-electron chi connectivity index (χ0n) is 16.3. The summed E-state index contributed by atoms with van der Waals surface area (Å²) in [6.45, 7) is 3.95. The van der Waals surface area contributed by atoms with E-state index in [0.29, 0.717) is 22.1 Å². The highest BCUT2D eigenvalue weighted by Gasteiger charge is 2.19. The van der Waals surface area contributed by atoms with Crippen LogP contribution in [0.2, 0.25) is 0 Å². The molecule has 2 N–H and O–H groups in total. The minimum Gasteiger partial charge on any atom is -0.504 e. The quantitative estimate of drug-likeness (QED) is 0.370. The predicted octanol–water partition coefficient (Wildman–Crippen LogP) is 4.43. The lowest BCUT2D eigenvalue weighted by atomic mass is 10.0. The second-order valence-electron chi connectivity index (χ2n) is 6.62. The Balaban J connectivity index is 1.83. The van der Waals surface area contributed by atoms with Crippen LogP contribution in [0.3, 0.4) is 0 Å². The van der Waals surface area contributed by atoms with Gasteiger partial charge in [0.05, 0.1) is 5.71 Å². The number of aromatic hydroxyl groups is 1. The van der Waals surface area contributed by atoms with Crippen molar-refractivity contribution in [3.05, 3.63) is 71.4 Å². The van der Waals surface area contributed by atoms with E-state index in [-0.39, 0.29) is 5.75 Å². The van der Waals surface area contributed by atoms with Gasteiger partial charge in [-0.25, -0.2) is 0 Å². The molecular formula is C22H24N4OS. The maximum atomic E-state index is 10.8. The number of aryl methyl sites for hydroxylation is 2. The van der Waals surface area contributed by atoms with Gasteiger partial charge in [-0.1, -0.05) is 80.2 Å². The summed E-state index contributed by atoms with van der Waals surface area (Å²) in [6, 6.07) is 17.8. The summed E-state index contributed by atoms with van der Waals surface area (Å²) in [5.41, 5.74) is 7.60. The van der Waals surface area contributed by atoms with E-state index in [4.69, 9.17) is 12.2 Å². The SMILES string of the molecule is CCCc1ccc(-c2c(O)c(C(C)=NNC(=S)c3ccccc3)nn2C)cc1. The third-order valence-corrected chi connectivity index (χ3v) is 4.82. The van der Waals surface area contributed by atoms with Crippen LogP contribution in [-0.2, 0) is 13.5 Å². The van der Waals surface area contributed by atoms with Crippen LogP contribution >= 0.6 is 12.2 Å². The fraction of sp³-hybridized carbons (Fsp3) is 0.227. The van der Waals surface area contributed by atoms with Crippen LogP contribution in [0.1, 0.15) is 37.1 Å². The minimum absolute atomic E-state index is 0.111. The molecule has 0 fully saturated rings. The summed E-state index contributed by atoms with van der Waals surface area (Å²) < 4.78 is 1.67. The van der Waals surface area contributed by atoms with E-state index < -0.39 is 0 Å². The zero-order valence-corrected chi connectivity index (χ0v) is 17.1. The molecule has 0 unspecified atom stereocenters. The van der Waals surface area contributed by atoms with Gasteiger partial charge in [-0.05, 0) is 18.9 Å². The second-order valence-corrected chi connectivity index (χ2v) is 7.03. The molecule has 144 valence electrons. The monoisotopic (exact) mass is 392 g/mol. The molecule has 0 saturated carbocycles. The van der Waals surface area contributed by atoms with Crippen molar-refractivity contribution < 1.29 is 5.11 Å². The number of hydrogen-bond donors (Lipinski definition) is 2. The van der Waals surface area contributed by atoms with Gasteiger partial charge in [0.2, 0.25) is 0 Å². The van der Waals surface area contributed by atoms with Gasteiger partial charge in [-0.2, -0.15) is 10.2 Å². The Kier molecular flexibility index (Phi) is 6.21. The van der Waals surface area contributed by atoms with Crippen LogP contribution in [0, 0.1) is 0 Å². The number of aromatic nitrogens is 2. The van der Waals surface area contributed by atoms with E-state index in [1.807, 2.05) is 49.5 Å². The van der Waals surface area contributed by atoms with Crippen molar-refractivity contribution >= 4 is 22.9 Å². The van der Waals surface area contributed by atoms with Crippen LogP contribution in [0.5, 0.6) is 5.75 Å². The van der Waals surface area contributed by atoms with Crippen molar-refractivity contribution in [2.45, 2.75) is 26.7 Å². The smallest absolute Gasteiger partial charge is 0.171 e. The summed E-state index contributed by atoms with van der Waals surface area (Å²) in [5.74, 6) is 0.111. The van der Waals surface area contributed by atoms with Gasteiger partial charge in [0, 0.05) is 18.2 Å². The fourth-order valence-corrected chi connectivity index (χ4v) is 3.22. The van der Waals surface area contributed by atoms with Gasteiger partial charge in [-0.3, -0.25) is 10.1 Å². The maximum Gasteiger partial charge on any atom is 0.171 e. The summed E-state index contributed by atoms with van der Waals surface area (Å²) >= 11 is 5.36. The molecule has 5 nitrogen and oxygen atoms in total. The normalized spacial score (nSPS) is 11.5. The second kappa shape index (κ2) is 8.80. The molecule has 1 heterocycles. The van der Waals surface area contributed by atoms with Crippen molar-refractivity contribution in [2.75, 3.05) is 0 Å². The third kappa shape index (κ3) is 4.28. The Morgan fingerprint density at radius 2 is 1.82 bits per heavy atom. The van der Waals surface area contributed by atoms with E-state index in [2.05, 4.69) is 34.7 Å². The molecule has 6 heteroatoms. The van der Waals surface area contributed by atoms with E-state index in [0.717, 1.165) is 24.0 Å². The van der Waals surface area contributed by atoms with E-state index >= 15 is 0 Å². The Bertz CT molecular complexity index is 991. The van der Waals surface area contributed by atoms with Gasteiger partial charge < -0.3 is 5.11 Å². The van der Waals surface area contributed by atoms with E-state index in [9.17, 15) is 5.11 Å². The van der Waals surface area contributed by atoms with Gasteiger partial charge in [0.15, 0.2) is 11.4 Å². The lowest BCUT2D eigenvalue weighted by molar-refractivity contribution is 0.475. The summed E-state index contributed by atoms with van der Waals surface area (Å²) in [4.78, 5) is 0.516. The molecule has 1 aromatic heterocycles. The molecule has 0 amide bonds. The number of thiocarbonyl (C=S) groups is 1. The van der Waals surface area contributed by atoms with Crippen LogP contribution in [0.15, 0.2) is 59.7 Å². The first-order chi connectivity index (χ1) is 13.5. The number of benzene rings is 2. The molecule has 0 spiro atoms. The molecule has 0 aliphatic rings. The predicted molar refractivity (Wildman–Crippen MR) is 118 cm³/mol. The topological polar surface area (TPSA) is 62.4 Å². The van der Waals surface area contributed by atoms with Gasteiger partial charge in [0.1, 0.15) is 10.7 Å². The summed E-state index contributed by atoms with van der Waals surface area (Å²) in [5, 5.41) is 19.5. The molecule has 0 saturated heterocycles. The largest absolute Gasteiger partial charge is 0.504 e. The van der Waals surface area contributed by atoms with E-state index in [1.165, 1.54) is 5.56 Å². The Morgan fingerprint density at radius 1 is 1.14 bits per heavy atom. The van der Waals surface area contributed by atoms with E-state index in [1.54, 1.807) is 11.6 Å². The first-order valence-corrected chi connectivity index (χ1v) is 9.67. The molecule has 28 heavy (non-hydrogen) atoms. The fourth-order valence-electron chi connectivity index (χ4n) is 3.04. The Morgan fingerprint density at radius 3 is 2.46 bits per heavy atom. The van der Waals surface area contributed by atoms with Gasteiger partial charge in [-0.15, -0.1) is 0 Å². The van der Waals surface area contributed by atoms with Crippen molar-refractivity contribution in [2.24, 2.45) is 12.1 Å². The van der Waals surface area contributed by atoms with Crippen LogP contribution in [0.4, 0.5) is 0 Å². The lowest BCUT2D eigenvalue weighted by Crippen LogP contribution is -2.18. The average molecular weight is 393 g/mol. The van der Waals surface area contributed by atoms with Crippen molar-refractivity contribution in [1.82, 2.24) is 15.2 Å². The molecule has 0 radical (unpaired) electrons. The Labute approximate surface area is 170 Å². The molecule has 3 rings (SSSR count). The number of hydrazone groups is 1. The maximum absolute atomic E-state index is 10.8. The zero-order chi connectivity index (χ0) is 20.1. The number of nitrogens with zero attached hydrogens (tertiary/aromatic N) is 3. The highest BCUT2D eigenvalue weighted by atomic mass is 32.1. The van der Waals surface area contributed by atoms with Gasteiger partial charge >= 0.3 is 0 Å². The van der Waals surface area contributed by atoms with Crippen molar-refractivity contribution in [3.8, 4) is 17.0 Å². The number of hydrogen-bond acceptors (Lipinski definition) is 4. The van der Waals surface area contributed by atoms with Crippen LogP contribution in [0.25, 0.3) is 11.3 Å². The summed E-state index contributed by atoms with van der Waals surface area (Å²) in [7, 11) is 1.81. The molecule has 3 aromatic rings. The first-order valence-electron chi connectivity index (χ1n) is 9.26. The molecule has 0 aliphatic heterocycles. The lowest BCUT2D eigenvalue weighted by Gasteiger charge is -2.05. The standard InChI is InChI=1S/C22H24N4OS/c1-4-8-16-11-13-17(14-12-16)20-21(27)19(25-26(20)3)15(2)23-24-22(28)18-9-6-5-7-10-18/h5-7,9-14,27H,4,8H2,1-3H3,(H,24,28). The van der Waals surface area contributed by atoms with Crippen LogP contribution < -0.4 is 5.43 Å². The van der Waals surface area contributed by atoms with Crippen molar-refractivity contribution in [3.63, 3.8) is 0 Å². The molecular weight excluding hydrogens is 368 g/mol. The Hall–Kier alpha value is -2.99. The minimum atomic E-state index is 0.111.